The smallest absolute Gasteiger partial charge is 0.157 e. The first-order chi connectivity index (χ1) is 9.74. The Hall–Kier alpha value is -2.00. The Morgan fingerprint density at radius 1 is 1.20 bits per heavy atom. The molecular formula is C17H21N2O+. The predicted octanol–water partition coefficient (Wildman–Crippen LogP) is 2.68. The van der Waals surface area contributed by atoms with Gasteiger partial charge in [0.05, 0.1) is 12.8 Å². The summed E-state index contributed by atoms with van der Waals surface area (Å²) < 4.78 is 5.34. The standard InChI is InChI=1S/C17H20N2O/c1-12-5-6-17-16(10-12)15(13(2)19-17)7-8-18-11-14-4-3-9-20-14/h3-6,9-10,18-19H,7-8,11H2,1-2H3/p+1. The second-order valence-electron chi connectivity index (χ2n) is 5.39. The lowest BCUT2D eigenvalue weighted by Crippen LogP contribution is -2.83. The summed E-state index contributed by atoms with van der Waals surface area (Å²) in [7, 11) is 0. The van der Waals surface area contributed by atoms with Crippen LogP contribution in [0.5, 0.6) is 0 Å². The number of hydrogen-bond donors (Lipinski definition) is 2. The van der Waals surface area contributed by atoms with Gasteiger partial charge in [0.15, 0.2) is 5.76 Å². The maximum Gasteiger partial charge on any atom is 0.157 e. The largest absolute Gasteiger partial charge is 0.463 e. The van der Waals surface area contributed by atoms with Gasteiger partial charge in [-0.15, -0.1) is 0 Å². The van der Waals surface area contributed by atoms with Crippen molar-refractivity contribution in [2.24, 2.45) is 0 Å². The monoisotopic (exact) mass is 269 g/mol. The molecule has 3 aromatic rings. The third-order valence-electron chi connectivity index (χ3n) is 3.80. The molecule has 0 radical (unpaired) electrons. The van der Waals surface area contributed by atoms with Crippen LogP contribution in [0.4, 0.5) is 0 Å². The first kappa shape index (κ1) is 13.0. The molecule has 0 unspecified atom stereocenters. The molecule has 0 bridgehead atoms. The number of quaternary nitrogens is 1. The zero-order chi connectivity index (χ0) is 13.9. The first-order valence-corrected chi connectivity index (χ1v) is 7.16. The minimum absolute atomic E-state index is 0.910. The highest BCUT2D eigenvalue weighted by Gasteiger charge is 2.09. The van der Waals surface area contributed by atoms with Crippen LogP contribution in [-0.2, 0) is 13.0 Å². The summed E-state index contributed by atoms with van der Waals surface area (Å²) in [6.07, 6.45) is 2.81. The van der Waals surface area contributed by atoms with E-state index in [4.69, 9.17) is 4.42 Å². The number of benzene rings is 1. The Bertz CT molecular complexity index is 695. The van der Waals surface area contributed by atoms with E-state index in [2.05, 4.69) is 42.3 Å². The quantitative estimate of drug-likeness (QED) is 0.687. The molecule has 20 heavy (non-hydrogen) atoms. The summed E-state index contributed by atoms with van der Waals surface area (Å²) in [5.74, 6) is 1.04. The van der Waals surface area contributed by atoms with Crippen LogP contribution in [0.2, 0.25) is 0 Å². The number of furan rings is 1. The van der Waals surface area contributed by atoms with E-state index in [0.29, 0.717) is 0 Å². The molecule has 3 N–H and O–H groups in total. The number of nitrogens with one attached hydrogen (secondary N) is 1. The molecule has 0 saturated carbocycles. The Kier molecular flexibility index (Phi) is 3.61. The second kappa shape index (κ2) is 5.55. The molecule has 1 aromatic carbocycles. The average Bonchev–Trinajstić information content (AvgIpc) is 3.03. The average molecular weight is 269 g/mol. The summed E-state index contributed by atoms with van der Waals surface area (Å²) in [4.78, 5) is 3.48. The van der Waals surface area contributed by atoms with Gasteiger partial charge in [0.2, 0.25) is 0 Å². The zero-order valence-electron chi connectivity index (χ0n) is 12.1. The molecule has 3 nitrogen and oxygen atoms in total. The topological polar surface area (TPSA) is 45.5 Å². The van der Waals surface area contributed by atoms with E-state index in [1.807, 2.05) is 12.1 Å². The van der Waals surface area contributed by atoms with Crippen LogP contribution in [0.1, 0.15) is 22.6 Å². The number of aryl methyl sites for hydroxylation is 2. The second-order valence-corrected chi connectivity index (χ2v) is 5.39. The van der Waals surface area contributed by atoms with Crippen molar-refractivity contribution in [2.75, 3.05) is 6.54 Å². The van der Waals surface area contributed by atoms with Crippen molar-refractivity contribution in [1.82, 2.24) is 4.98 Å². The summed E-state index contributed by atoms with van der Waals surface area (Å²) in [6, 6.07) is 10.6. The molecule has 0 aliphatic rings. The molecule has 0 saturated heterocycles. The van der Waals surface area contributed by atoms with Gasteiger partial charge in [-0.1, -0.05) is 11.6 Å². The van der Waals surface area contributed by atoms with Crippen molar-refractivity contribution < 1.29 is 9.73 Å². The Balaban J connectivity index is 1.67. The van der Waals surface area contributed by atoms with E-state index in [-0.39, 0.29) is 0 Å². The van der Waals surface area contributed by atoms with E-state index >= 15 is 0 Å². The van der Waals surface area contributed by atoms with Crippen LogP contribution in [0.3, 0.4) is 0 Å². The minimum atomic E-state index is 0.910. The third-order valence-corrected chi connectivity index (χ3v) is 3.80. The predicted molar refractivity (Wildman–Crippen MR) is 80.7 cm³/mol. The molecule has 104 valence electrons. The molecule has 0 aliphatic carbocycles. The van der Waals surface area contributed by atoms with Gasteiger partial charge in [0.1, 0.15) is 6.54 Å². The number of H-pyrrole nitrogens is 1. The highest BCUT2D eigenvalue weighted by molar-refractivity contribution is 5.85. The van der Waals surface area contributed by atoms with Crippen LogP contribution in [0.15, 0.2) is 41.0 Å². The zero-order valence-corrected chi connectivity index (χ0v) is 12.1. The molecule has 0 spiro atoms. The van der Waals surface area contributed by atoms with Gasteiger partial charge in [0.25, 0.3) is 0 Å². The molecule has 0 fully saturated rings. The lowest BCUT2D eigenvalue weighted by Gasteiger charge is -2.02. The Morgan fingerprint density at radius 2 is 2.10 bits per heavy atom. The summed E-state index contributed by atoms with van der Waals surface area (Å²) in [5.41, 5.74) is 5.29. The van der Waals surface area contributed by atoms with Gasteiger partial charge < -0.3 is 14.7 Å². The van der Waals surface area contributed by atoms with Gasteiger partial charge in [-0.25, -0.2) is 0 Å². The molecule has 0 atom stereocenters. The molecule has 2 heterocycles. The number of fused-ring (bicyclic) bond motifs is 1. The van der Waals surface area contributed by atoms with Crippen LogP contribution in [0.25, 0.3) is 10.9 Å². The van der Waals surface area contributed by atoms with Crippen molar-refractivity contribution in [3.05, 3.63) is 59.2 Å². The molecule has 0 amide bonds. The summed E-state index contributed by atoms with van der Waals surface area (Å²) in [6.45, 7) is 6.29. The van der Waals surface area contributed by atoms with E-state index in [9.17, 15) is 0 Å². The van der Waals surface area contributed by atoms with Crippen molar-refractivity contribution in [3.8, 4) is 0 Å². The van der Waals surface area contributed by atoms with Gasteiger partial charge in [-0.05, 0) is 43.7 Å². The number of aromatic nitrogens is 1. The molecule has 3 rings (SSSR count). The first-order valence-electron chi connectivity index (χ1n) is 7.16. The van der Waals surface area contributed by atoms with Gasteiger partial charge in [0, 0.05) is 23.0 Å². The van der Waals surface area contributed by atoms with Gasteiger partial charge in [-0.2, -0.15) is 0 Å². The van der Waals surface area contributed by atoms with Crippen molar-refractivity contribution in [1.29, 1.82) is 0 Å². The van der Waals surface area contributed by atoms with Crippen molar-refractivity contribution >= 4 is 10.9 Å². The number of nitrogens with two attached hydrogens (primary N) is 1. The number of aromatic amines is 1. The highest BCUT2D eigenvalue weighted by atomic mass is 16.3. The third kappa shape index (κ3) is 2.63. The van der Waals surface area contributed by atoms with E-state index in [1.54, 1.807) is 6.26 Å². The summed E-state index contributed by atoms with van der Waals surface area (Å²) in [5, 5.41) is 3.67. The van der Waals surface area contributed by atoms with Gasteiger partial charge >= 0.3 is 0 Å². The lowest BCUT2D eigenvalue weighted by atomic mass is 10.1. The fraction of sp³-hybridized carbons (Fsp3) is 0.294. The van der Waals surface area contributed by atoms with Crippen LogP contribution < -0.4 is 5.32 Å². The molecule has 0 aliphatic heterocycles. The normalized spacial score (nSPS) is 11.3. The van der Waals surface area contributed by atoms with E-state index in [0.717, 1.165) is 25.3 Å². The number of hydrogen-bond acceptors (Lipinski definition) is 1. The van der Waals surface area contributed by atoms with Crippen molar-refractivity contribution in [3.63, 3.8) is 0 Å². The van der Waals surface area contributed by atoms with E-state index in [1.165, 1.54) is 27.7 Å². The maximum absolute atomic E-state index is 5.34. The molecular weight excluding hydrogens is 248 g/mol. The number of rotatable bonds is 5. The fourth-order valence-electron chi connectivity index (χ4n) is 2.74. The van der Waals surface area contributed by atoms with Crippen LogP contribution in [-0.4, -0.2) is 11.5 Å². The molecule has 3 heteroatoms. The highest BCUT2D eigenvalue weighted by Crippen LogP contribution is 2.23. The van der Waals surface area contributed by atoms with Gasteiger partial charge in [-0.3, -0.25) is 0 Å². The lowest BCUT2D eigenvalue weighted by molar-refractivity contribution is -0.671. The summed E-state index contributed by atoms with van der Waals surface area (Å²) >= 11 is 0. The Labute approximate surface area is 119 Å². The Morgan fingerprint density at radius 3 is 2.90 bits per heavy atom. The SMILES string of the molecule is Cc1ccc2[nH]c(C)c(CC[NH2+]Cc3ccco3)c2c1. The minimum Gasteiger partial charge on any atom is -0.463 e. The van der Waals surface area contributed by atoms with Crippen LogP contribution >= 0.6 is 0 Å². The van der Waals surface area contributed by atoms with E-state index < -0.39 is 0 Å². The molecule has 2 aromatic heterocycles. The van der Waals surface area contributed by atoms with Crippen LogP contribution in [0, 0.1) is 13.8 Å². The van der Waals surface area contributed by atoms with Crippen molar-refractivity contribution in [2.45, 2.75) is 26.8 Å². The maximum atomic E-state index is 5.34. The fourth-order valence-corrected chi connectivity index (χ4v) is 2.74.